The fraction of sp³-hybridized carbons (Fsp3) is 0.750. The molecule has 1 fully saturated rings. The topological polar surface area (TPSA) is 143 Å². The summed E-state index contributed by atoms with van der Waals surface area (Å²) < 4.78 is 5.24. The molecule has 0 radical (unpaired) electrons. The third-order valence-corrected chi connectivity index (χ3v) is 3.47. The highest BCUT2D eigenvalue weighted by Crippen LogP contribution is 2.24. The fourth-order valence-electron chi connectivity index (χ4n) is 2.10. The molecule has 0 spiro atoms. The van der Waals surface area contributed by atoms with Crippen LogP contribution in [0.5, 0.6) is 0 Å². The van der Waals surface area contributed by atoms with Gasteiger partial charge in [-0.1, -0.05) is 5.92 Å². The van der Waals surface area contributed by atoms with E-state index in [2.05, 4.69) is 11.2 Å². The lowest BCUT2D eigenvalue weighted by Gasteiger charge is -2.44. The molecular weight excluding hydrogens is 334 g/mol. The molecule has 0 saturated carbocycles. The number of carbonyl (C=O) groups is 1. The van der Waals surface area contributed by atoms with Crippen LogP contribution in [0.2, 0.25) is 0 Å². The first-order valence-corrected chi connectivity index (χ1v) is 7.17. The predicted octanol–water partition coefficient (Wildman–Crippen LogP) is -1.94. The van der Waals surface area contributed by atoms with Gasteiger partial charge in [0.1, 0.15) is 24.4 Å². The summed E-state index contributed by atoms with van der Waals surface area (Å²) in [6.45, 7) is -1.25. The highest BCUT2D eigenvalue weighted by molar-refractivity contribution is 6.18. The molecule has 23 heavy (non-hydrogen) atoms. The molecule has 0 aromatic carbocycles. The van der Waals surface area contributed by atoms with Crippen LogP contribution in [0.25, 0.3) is 0 Å². The van der Waals surface area contributed by atoms with Crippen LogP contribution in [-0.4, -0.2) is 92.6 Å². The number of aliphatic hydroxyl groups is 4. The van der Waals surface area contributed by atoms with Gasteiger partial charge in [-0.15, -0.1) is 22.9 Å². The molecule has 1 aliphatic heterocycles. The molecule has 1 saturated heterocycles. The molecule has 2 amide bonds. The molecule has 0 aromatic heterocycles. The largest absolute Gasteiger partial charge is 0.394 e. The van der Waals surface area contributed by atoms with Crippen molar-refractivity contribution in [3.63, 3.8) is 0 Å². The number of hydrogen-bond acceptors (Lipinski definition) is 8. The molecule has 1 unspecified atom stereocenters. The van der Waals surface area contributed by atoms with E-state index in [0.29, 0.717) is 5.01 Å². The van der Waals surface area contributed by atoms with Crippen molar-refractivity contribution in [1.29, 1.82) is 0 Å². The Kier molecular flexibility index (Phi) is 7.63. The van der Waals surface area contributed by atoms with Gasteiger partial charge < -0.3 is 25.2 Å². The average Bonchev–Trinajstić information content (AvgIpc) is 2.55. The Morgan fingerprint density at radius 2 is 1.96 bits per heavy atom. The molecule has 5 atom stereocenters. The molecular formula is C12H18ClN3O7. The number of ether oxygens (including phenoxy) is 1. The SMILES string of the molecule is C#CCN(C(=O)N(CCCl)N=O)C1O[C@H](CO)[C@H](O)[C@H](O)[C@H]1O. The minimum atomic E-state index is -1.71. The van der Waals surface area contributed by atoms with Gasteiger partial charge in [-0.25, -0.2) is 4.79 Å². The van der Waals surface area contributed by atoms with E-state index >= 15 is 0 Å². The van der Waals surface area contributed by atoms with Gasteiger partial charge in [0.15, 0.2) is 6.23 Å². The van der Waals surface area contributed by atoms with Crippen LogP contribution in [0.15, 0.2) is 5.29 Å². The second-order valence-electron chi connectivity index (χ2n) is 4.73. The number of urea groups is 1. The first kappa shape index (κ1) is 19.6. The summed E-state index contributed by atoms with van der Waals surface area (Å²) >= 11 is 5.46. The van der Waals surface area contributed by atoms with E-state index < -0.39 is 43.3 Å². The zero-order chi connectivity index (χ0) is 17.6. The maximum absolute atomic E-state index is 12.3. The van der Waals surface area contributed by atoms with Crippen LogP contribution in [0, 0.1) is 17.3 Å². The predicted molar refractivity (Wildman–Crippen MR) is 77.9 cm³/mol. The fourth-order valence-corrected chi connectivity index (χ4v) is 2.26. The van der Waals surface area contributed by atoms with E-state index in [1.54, 1.807) is 0 Å². The van der Waals surface area contributed by atoms with E-state index in [1.165, 1.54) is 0 Å². The molecule has 1 aliphatic rings. The van der Waals surface area contributed by atoms with Gasteiger partial charge in [-0.2, -0.15) is 5.01 Å². The Labute approximate surface area is 137 Å². The molecule has 11 heteroatoms. The zero-order valence-electron chi connectivity index (χ0n) is 12.0. The normalized spacial score (nSPS) is 30.3. The lowest BCUT2D eigenvalue weighted by atomic mass is 9.98. The first-order valence-electron chi connectivity index (χ1n) is 6.64. The monoisotopic (exact) mass is 351 g/mol. The Hall–Kier alpha value is -1.48. The number of alkyl halides is 1. The van der Waals surface area contributed by atoms with Crippen molar-refractivity contribution in [2.45, 2.75) is 30.6 Å². The summed E-state index contributed by atoms with van der Waals surface area (Å²) in [7, 11) is 0. The molecule has 0 bridgehead atoms. The molecule has 10 nitrogen and oxygen atoms in total. The summed E-state index contributed by atoms with van der Waals surface area (Å²) in [5.41, 5.74) is 0. The van der Waals surface area contributed by atoms with Crippen LogP contribution >= 0.6 is 11.6 Å². The van der Waals surface area contributed by atoms with E-state index in [1.807, 2.05) is 0 Å². The minimum Gasteiger partial charge on any atom is -0.394 e. The highest BCUT2D eigenvalue weighted by Gasteiger charge is 2.47. The number of nitroso groups, excluding NO2 is 1. The van der Waals surface area contributed by atoms with Crippen LogP contribution in [0.3, 0.4) is 0 Å². The van der Waals surface area contributed by atoms with Gasteiger partial charge >= 0.3 is 6.03 Å². The smallest absolute Gasteiger partial charge is 0.345 e. The van der Waals surface area contributed by atoms with Crippen molar-refractivity contribution in [3.05, 3.63) is 4.91 Å². The van der Waals surface area contributed by atoms with Gasteiger partial charge in [0.05, 0.1) is 25.0 Å². The Morgan fingerprint density at radius 1 is 1.30 bits per heavy atom. The van der Waals surface area contributed by atoms with Gasteiger partial charge in [0.25, 0.3) is 0 Å². The number of terminal acetylenes is 1. The lowest BCUT2D eigenvalue weighted by molar-refractivity contribution is -0.257. The minimum absolute atomic E-state index is 0.0734. The third kappa shape index (κ3) is 4.29. The average molecular weight is 352 g/mol. The van der Waals surface area contributed by atoms with Crippen molar-refractivity contribution >= 4 is 17.6 Å². The second kappa shape index (κ2) is 8.97. The standard InChI is InChI=1S/C12H18ClN3O7/c1-2-4-15(12(21)16(14-22)5-3-13)11-10(20)9(19)8(18)7(6-17)23-11/h1,7-11,17-20H,3-6H2/t7-,8+,9+,10-,11?/m1/s1. The van der Waals surface area contributed by atoms with Crippen LogP contribution in [0.4, 0.5) is 4.79 Å². The van der Waals surface area contributed by atoms with Crippen LogP contribution in [-0.2, 0) is 4.74 Å². The molecule has 4 N–H and O–H groups in total. The maximum atomic E-state index is 12.3. The van der Waals surface area contributed by atoms with Crippen LogP contribution < -0.4 is 0 Å². The number of nitrogens with zero attached hydrogens (tertiary/aromatic N) is 3. The zero-order valence-corrected chi connectivity index (χ0v) is 12.8. The quantitative estimate of drug-likeness (QED) is 0.189. The molecule has 0 aliphatic carbocycles. The highest BCUT2D eigenvalue weighted by atomic mass is 35.5. The number of carbonyl (C=O) groups excluding carboxylic acids is 1. The number of rotatable bonds is 6. The summed E-state index contributed by atoms with van der Waals surface area (Å²) in [6.07, 6.45) is -2.54. The van der Waals surface area contributed by atoms with Gasteiger partial charge in [-0.05, 0) is 0 Å². The summed E-state index contributed by atoms with van der Waals surface area (Å²) in [5, 5.41) is 41.7. The third-order valence-electron chi connectivity index (χ3n) is 3.30. The van der Waals surface area contributed by atoms with Crippen molar-refractivity contribution in [3.8, 4) is 12.3 Å². The summed E-state index contributed by atoms with van der Waals surface area (Å²) in [6, 6.07) is -0.997. The lowest BCUT2D eigenvalue weighted by Crippen LogP contribution is -2.65. The van der Waals surface area contributed by atoms with Gasteiger partial charge in [0, 0.05) is 5.88 Å². The maximum Gasteiger partial charge on any atom is 0.345 e. The van der Waals surface area contributed by atoms with Crippen molar-refractivity contribution in [1.82, 2.24) is 9.91 Å². The molecule has 130 valence electrons. The van der Waals surface area contributed by atoms with Crippen LogP contribution in [0.1, 0.15) is 0 Å². The van der Waals surface area contributed by atoms with E-state index in [9.17, 15) is 25.0 Å². The molecule has 0 aromatic rings. The summed E-state index contributed by atoms with van der Waals surface area (Å²) in [4.78, 5) is 23.8. The Morgan fingerprint density at radius 3 is 2.43 bits per heavy atom. The van der Waals surface area contributed by atoms with E-state index in [4.69, 9.17) is 27.9 Å². The number of hydrogen-bond donors (Lipinski definition) is 4. The number of halogens is 1. The van der Waals surface area contributed by atoms with Crippen molar-refractivity contribution < 1.29 is 30.0 Å². The molecule has 1 heterocycles. The van der Waals surface area contributed by atoms with Gasteiger partial charge in [0.2, 0.25) is 0 Å². The van der Waals surface area contributed by atoms with Crippen molar-refractivity contribution in [2.75, 3.05) is 25.6 Å². The first-order chi connectivity index (χ1) is 10.9. The van der Waals surface area contributed by atoms with Gasteiger partial charge in [-0.3, -0.25) is 4.90 Å². The Bertz CT molecular complexity index is 458. The van der Waals surface area contributed by atoms with E-state index in [0.717, 1.165) is 4.90 Å². The van der Waals surface area contributed by atoms with Crippen molar-refractivity contribution in [2.24, 2.45) is 5.29 Å². The molecule has 1 rings (SSSR count). The number of amides is 2. The second-order valence-corrected chi connectivity index (χ2v) is 5.11. The number of aliphatic hydroxyl groups excluding tert-OH is 4. The Balaban J connectivity index is 3.05. The van der Waals surface area contributed by atoms with E-state index in [-0.39, 0.29) is 19.0 Å². The summed E-state index contributed by atoms with van der Waals surface area (Å²) in [5.74, 6) is 2.08.